The third-order valence-electron chi connectivity index (χ3n) is 3.41. The largest absolute Gasteiger partial charge is 0.378 e. The Morgan fingerprint density at radius 3 is 2.16 bits per heavy atom. The highest BCUT2D eigenvalue weighted by molar-refractivity contribution is 5.55. The molecule has 1 nitrogen and oxygen atoms in total. The molecule has 0 aliphatic carbocycles. The Morgan fingerprint density at radius 1 is 0.947 bits per heavy atom. The molecule has 1 unspecified atom stereocenters. The summed E-state index contributed by atoms with van der Waals surface area (Å²) in [5.74, 6) is -1.05. The molecule has 0 aliphatic rings. The van der Waals surface area contributed by atoms with Gasteiger partial charge >= 0.3 is 0 Å². The summed E-state index contributed by atoms with van der Waals surface area (Å²) in [7, 11) is 0. The van der Waals surface area contributed by atoms with Crippen LogP contribution in [0, 0.1) is 25.5 Å². The Balaban J connectivity index is 2.31. The smallest absolute Gasteiger partial charge is 0.131 e. The second-order valence-electron chi connectivity index (χ2n) is 4.75. The molecule has 3 heteroatoms. The molecule has 2 aromatic rings. The molecule has 0 saturated heterocycles. The summed E-state index contributed by atoms with van der Waals surface area (Å²) in [4.78, 5) is 0. The molecule has 2 rings (SSSR count). The van der Waals surface area contributed by atoms with Crippen LogP contribution in [0.4, 0.5) is 14.5 Å². The second kappa shape index (κ2) is 5.39. The Kier molecular flexibility index (Phi) is 3.84. The van der Waals surface area contributed by atoms with Crippen LogP contribution in [0.25, 0.3) is 0 Å². The summed E-state index contributed by atoms with van der Waals surface area (Å²) in [5.41, 5.74) is 3.20. The van der Waals surface area contributed by atoms with Crippen LogP contribution in [-0.4, -0.2) is 0 Å². The molecule has 0 radical (unpaired) electrons. The second-order valence-corrected chi connectivity index (χ2v) is 4.75. The van der Waals surface area contributed by atoms with Gasteiger partial charge in [-0.05, 0) is 50.1 Å². The van der Waals surface area contributed by atoms with Gasteiger partial charge < -0.3 is 5.32 Å². The molecule has 100 valence electrons. The van der Waals surface area contributed by atoms with Crippen LogP contribution in [0.3, 0.4) is 0 Å². The van der Waals surface area contributed by atoms with Crippen molar-refractivity contribution in [2.45, 2.75) is 26.8 Å². The van der Waals surface area contributed by atoms with Crippen molar-refractivity contribution in [3.63, 3.8) is 0 Å². The fraction of sp³-hybridized carbons (Fsp3) is 0.250. The highest BCUT2D eigenvalue weighted by atomic mass is 19.1. The first-order chi connectivity index (χ1) is 9.00. The van der Waals surface area contributed by atoms with Gasteiger partial charge in [-0.1, -0.05) is 18.2 Å². The predicted octanol–water partition coefficient (Wildman–Crippen LogP) is 4.75. The van der Waals surface area contributed by atoms with Crippen LogP contribution >= 0.6 is 0 Å². The van der Waals surface area contributed by atoms with Gasteiger partial charge in [0.25, 0.3) is 0 Å². The lowest BCUT2D eigenvalue weighted by molar-refractivity contribution is 0.544. The molecule has 0 spiro atoms. The molecule has 0 bridgehead atoms. The van der Waals surface area contributed by atoms with E-state index in [1.807, 2.05) is 32.0 Å². The molecule has 0 heterocycles. The summed E-state index contributed by atoms with van der Waals surface area (Å²) in [6.45, 7) is 5.75. The third-order valence-corrected chi connectivity index (χ3v) is 3.41. The zero-order chi connectivity index (χ0) is 14.0. The van der Waals surface area contributed by atoms with E-state index in [0.29, 0.717) is 0 Å². The zero-order valence-electron chi connectivity index (χ0n) is 11.3. The lowest BCUT2D eigenvalue weighted by Crippen LogP contribution is -2.11. The van der Waals surface area contributed by atoms with Crippen molar-refractivity contribution in [1.29, 1.82) is 0 Å². The molecule has 0 aliphatic heterocycles. The number of halogens is 2. The first kappa shape index (κ1) is 13.5. The lowest BCUT2D eigenvalue weighted by atomic mass is 10.0. The Morgan fingerprint density at radius 2 is 1.53 bits per heavy atom. The lowest BCUT2D eigenvalue weighted by Gasteiger charge is -2.19. The minimum atomic E-state index is -0.523. The maximum absolute atomic E-state index is 13.7. The first-order valence-corrected chi connectivity index (χ1v) is 6.27. The van der Waals surface area contributed by atoms with Crippen LogP contribution in [0.2, 0.25) is 0 Å². The van der Waals surface area contributed by atoms with E-state index < -0.39 is 17.7 Å². The van der Waals surface area contributed by atoms with Crippen LogP contribution in [0.15, 0.2) is 36.4 Å². The first-order valence-electron chi connectivity index (χ1n) is 6.27. The molecule has 2 aromatic carbocycles. The molecule has 0 aromatic heterocycles. The molecule has 1 N–H and O–H groups in total. The summed E-state index contributed by atoms with van der Waals surface area (Å²) < 4.78 is 27.4. The van der Waals surface area contributed by atoms with Gasteiger partial charge in [-0.2, -0.15) is 0 Å². The Bertz CT molecular complexity index is 573. The number of aryl methyl sites for hydroxylation is 1. The van der Waals surface area contributed by atoms with Crippen LogP contribution in [0.5, 0.6) is 0 Å². The van der Waals surface area contributed by atoms with Gasteiger partial charge in [0, 0.05) is 11.3 Å². The van der Waals surface area contributed by atoms with Gasteiger partial charge in [-0.3, -0.25) is 0 Å². The summed E-state index contributed by atoms with van der Waals surface area (Å²) in [6, 6.07) is 9.35. The molecule has 19 heavy (non-hydrogen) atoms. The van der Waals surface area contributed by atoms with Crippen LogP contribution < -0.4 is 5.32 Å². The van der Waals surface area contributed by atoms with Crippen molar-refractivity contribution in [3.8, 4) is 0 Å². The summed E-state index contributed by atoms with van der Waals surface area (Å²) >= 11 is 0. The topological polar surface area (TPSA) is 12.0 Å². The normalized spacial score (nSPS) is 12.3. The number of hydrogen-bond donors (Lipinski definition) is 1. The number of anilines is 1. The van der Waals surface area contributed by atoms with E-state index in [4.69, 9.17) is 0 Å². The van der Waals surface area contributed by atoms with E-state index in [1.165, 1.54) is 18.2 Å². The fourth-order valence-electron chi connectivity index (χ4n) is 2.14. The monoisotopic (exact) mass is 261 g/mol. The van der Waals surface area contributed by atoms with E-state index in [-0.39, 0.29) is 5.56 Å². The quantitative estimate of drug-likeness (QED) is 0.840. The highest BCUT2D eigenvalue weighted by Gasteiger charge is 2.16. The highest BCUT2D eigenvalue weighted by Crippen LogP contribution is 2.26. The third kappa shape index (κ3) is 2.75. The zero-order valence-corrected chi connectivity index (χ0v) is 11.3. The van der Waals surface area contributed by atoms with Crippen LogP contribution in [-0.2, 0) is 0 Å². The molecular formula is C16H17F2N. The van der Waals surface area contributed by atoms with Crippen molar-refractivity contribution >= 4 is 5.69 Å². The average molecular weight is 261 g/mol. The fourth-order valence-corrected chi connectivity index (χ4v) is 2.14. The standard InChI is InChI=1S/C16H17F2N/c1-10-6-4-9-15(11(10)2)19-12(3)16-13(17)7-5-8-14(16)18/h4-9,12,19H,1-3H3. The maximum atomic E-state index is 13.7. The van der Waals surface area contributed by atoms with E-state index in [0.717, 1.165) is 16.8 Å². The maximum Gasteiger partial charge on any atom is 0.131 e. The van der Waals surface area contributed by atoms with Gasteiger partial charge in [-0.25, -0.2) is 8.78 Å². The molecule has 0 fully saturated rings. The van der Waals surface area contributed by atoms with Crippen molar-refractivity contribution in [2.24, 2.45) is 0 Å². The predicted molar refractivity (Wildman–Crippen MR) is 74.3 cm³/mol. The Hall–Kier alpha value is -1.90. The molecule has 1 atom stereocenters. The SMILES string of the molecule is Cc1cccc(NC(C)c2c(F)cccc2F)c1C. The van der Waals surface area contributed by atoms with E-state index in [9.17, 15) is 8.78 Å². The summed E-state index contributed by atoms with van der Waals surface area (Å²) in [6.07, 6.45) is 0. The van der Waals surface area contributed by atoms with Gasteiger partial charge in [0.2, 0.25) is 0 Å². The van der Waals surface area contributed by atoms with Crippen molar-refractivity contribution < 1.29 is 8.78 Å². The number of rotatable bonds is 3. The minimum absolute atomic E-state index is 0.0726. The van der Waals surface area contributed by atoms with E-state index >= 15 is 0 Å². The average Bonchev–Trinajstić information content (AvgIpc) is 2.35. The summed E-state index contributed by atoms with van der Waals surface area (Å²) in [5, 5.41) is 3.17. The number of hydrogen-bond acceptors (Lipinski definition) is 1. The van der Waals surface area contributed by atoms with Crippen molar-refractivity contribution in [1.82, 2.24) is 0 Å². The molecule has 0 saturated carbocycles. The number of nitrogens with one attached hydrogen (secondary N) is 1. The number of benzene rings is 2. The van der Waals surface area contributed by atoms with E-state index in [1.54, 1.807) is 6.92 Å². The molecular weight excluding hydrogens is 244 g/mol. The van der Waals surface area contributed by atoms with Gasteiger partial charge in [0.05, 0.1) is 6.04 Å². The van der Waals surface area contributed by atoms with Gasteiger partial charge in [-0.15, -0.1) is 0 Å². The van der Waals surface area contributed by atoms with Crippen LogP contribution in [0.1, 0.15) is 29.7 Å². The molecule has 0 amide bonds. The minimum Gasteiger partial charge on any atom is -0.378 e. The van der Waals surface area contributed by atoms with Crippen molar-refractivity contribution in [2.75, 3.05) is 5.32 Å². The van der Waals surface area contributed by atoms with Crippen molar-refractivity contribution in [3.05, 3.63) is 64.7 Å². The van der Waals surface area contributed by atoms with Gasteiger partial charge in [0.1, 0.15) is 11.6 Å². The Labute approximate surface area is 112 Å². The van der Waals surface area contributed by atoms with Gasteiger partial charge in [0.15, 0.2) is 0 Å². The van der Waals surface area contributed by atoms with E-state index in [2.05, 4.69) is 5.32 Å².